The van der Waals surface area contributed by atoms with Crippen molar-refractivity contribution in [3.63, 3.8) is 0 Å². The highest BCUT2D eigenvalue weighted by atomic mass is 16.3. The average molecular weight is 285 g/mol. The largest absolute Gasteiger partial charge is 0.393 e. The minimum atomic E-state index is -0.185. The molecule has 1 aromatic rings. The van der Waals surface area contributed by atoms with Gasteiger partial charge >= 0.3 is 0 Å². The van der Waals surface area contributed by atoms with E-state index in [0.29, 0.717) is 6.04 Å². The number of aliphatic hydroxyl groups excluding tert-OH is 1. The molecule has 1 aliphatic heterocycles. The molecule has 1 aromatic carbocycles. The lowest BCUT2D eigenvalue weighted by molar-refractivity contribution is 0.145. The second-order valence-electron chi connectivity index (χ2n) is 6.19. The Morgan fingerprint density at radius 2 is 1.86 bits per heavy atom. The molecule has 3 rings (SSSR count). The molecule has 21 heavy (non-hydrogen) atoms. The quantitative estimate of drug-likeness (QED) is 0.896. The zero-order chi connectivity index (χ0) is 14.7. The Bertz CT molecular complexity index is 523. The van der Waals surface area contributed by atoms with Gasteiger partial charge in [-0.25, -0.2) is 0 Å². The normalized spacial score (nSPS) is 20.5. The molecule has 2 N–H and O–H groups in total. The number of benzene rings is 1. The van der Waals surface area contributed by atoms with E-state index in [9.17, 15) is 10.4 Å². The van der Waals surface area contributed by atoms with Gasteiger partial charge < -0.3 is 15.3 Å². The summed E-state index contributed by atoms with van der Waals surface area (Å²) in [5, 5.41) is 22.6. The topological polar surface area (TPSA) is 59.3 Å². The second kappa shape index (κ2) is 6.36. The van der Waals surface area contributed by atoms with Gasteiger partial charge in [-0.3, -0.25) is 0 Å². The predicted octanol–water partition coefficient (Wildman–Crippen LogP) is 2.87. The van der Waals surface area contributed by atoms with Gasteiger partial charge in [0.25, 0.3) is 0 Å². The summed E-state index contributed by atoms with van der Waals surface area (Å²) in [6.45, 7) is 1.65. The minimum absolute atomic E-state index is 0.185. The van der Waals surface area contributed by atoms with Gasteiger partial charge in [0.15, 0.2) is 0 Å². The zero-order valence-electron chi connectivity index (χ0n) is 12.4. The Kier molecular flexibility index (Phi) is 4.31. The summed E-state index contributed by atoms with van der Waals surface area (Å²) in [6, 6.07) is 8.99. The Morgan fingerprint density at radius 3 is 2.52 bits per heavy atom. The molecule has 0 amide bonds. The van der Waals surface area contributed by atoms with Gasteiger partial charge in [0.05, 0.1) is 17.4 Å². The number of nitriles is 1. The van der Waals surface area contributed by atoms with Crippen LogP contribution in [0.5, 0.6) is 0 Å². The molecule has 0 aromatic heterocycles. The SMILES string of the molecule is N#Cc1cc(NC2CCCC2)ccc1N1CCC(O)CC1. The van der Waals surface area contributed by atoms with Crippen molar-refractivity contribution in [1.29, 1.82) is 5.26 Å². The number of nitrogens with one attached hydrogen (secondary N) is 1. The van der Waals surface area contributed by atoms with Crippen LogP contribution in [0.1, 0.15) is 44.1 Å². The predicted molar refractivity (Wildman–Crippen MR) is 84.5 cm³/mol. The molecular weight excluding hydrogens is 262 g/mol. The molecule has 0 spiro atoms. The number of anilines is 2. The van der Waals surface area contributed by atoms with Crippen LogP contribution in [-0.4, -0.2) is 30.3 Å². The molecule has 0 unspecified atom stereocenters. The van der Waals surface area contributed by atoms with Crippen molar-refractivity contribution in [2.24, 2.45) is 0 Å². The molecule has 4 nitrogen and oxygen atoms in total. The van der Waals surface area contributed by atoms with Gasteiger partial charge in [0.2, 0.25) is 0 Å². The summed E-state index contributed by atoms with van der Waals surface area (Å²) in [5.74, 6) is 0. The summed E-state index contributed by atoms with van der Waals surface area (Å²) in [6.07, 6.45) is 6.45. The van der Waals surface area contributed by atoms with E-state index in [2.05, 4.69) is 22.4 Å². The molecule has 2 aliphatic rings. The van der Waals surface area contributed by atoms with Crippen LogP contribution in [0.2, 0.25) is 0 Å². The first-order chi connectivity index (χ1) is 10.3. The number of aliphatic hydroxyl groups is 1. The fourth-order valence-corrected chi connectivity index (χ4v) is 3.40. The van der Waals surface area contributed by atoms with Crippen LogP contribution in [0.3, 0.4) is 0 Å². The smallest absolute Gasteiger partial charge is 0.101 e. The summed E-state index contributed by atoms with van der Waals surface area (Å²) < 4.78 is 0. The third-order valence-electron chi connectivity index (χ3n) is 4.65. The van der Waals surface area contributed by atoms with Crippen molar-refractivity contribution in [3.05, 3.63) is 23.8 Å². The van der Waals surface area contributed by atoms with Gasteiger partial charge in [0, 0.05) is 24.8 Å². The summed E-state index contributed by atoms with van der Waals surface area (Å²) in [5.41, 5.74) is 2.79. The van der Waals surface area contributed by atoms with Crippen molar-refractivity contribution >= 4 is 11.4 Å². The van der Waals surface area contributed by atoms with E-state index in [-0.39, 0.29) is 6.10 Å². The van der Waals surface area contributed by atoms with Crippen molar-refractivity contribution in [2.45, 2.75) is 50.7 Å². The van der Waals surface area contributed by atoms with Crippen LogP contribution in [0.15, 0.2) is 18.2 Å². The molecule has 0 bridgehead atoms. The van der Waals surface area contributed by atoms with E-state index in [0.717, 1.165) is 42.9 Å². The van der Waals surface area contributed by atoms with Crippen LogP contribution < -0.4 is 10.2 Å². The van der Waals surface area contributed by atoms with Crippen molar-refractivity contribution in [1.82, 2.24) is 0 Å². The highest BCUT2D eigenvalue weighted by Crippen LogP contribution is 2.28. The third kappa shape index (κ3) is 3.30. The van der Waals surface area contributed by atoms with E-state index in [1.165, 1.54) is 25.7 Å². The van der Waals surface area contributed by atoms with Crippen LogP contribution in [-0.2, 0) is 0 Å². The number of nitrogens with zero attached hydrogens (tertiary/aromatic N) is 2. The third-order valence-corrected chi connectivity index (χ3v) is 4.65. The monoisotopic (exact) mass is 285 g/mol. The highest BCUT2D eigenvalue weighted by Gasteiger charge is 2.20. The van der Waals surface area contributed by atoms with Crippen molar-refractivity contribution in [2.75, 3.05) is 23.3 Å². The lowest BCUT2D eigenvalue weighted by Gasteiger charge is -2.32. The number of piperidine rings is 1. The van der Waals surface area contributed by atoms with Gasteiger partial charge in [-0.05, 0) is 43.9 Å². The molecule has 1 saturated heterocycles. The summed E-state index contributed by atoms with van der Waals surface area (Å²) in [7, 11) is 0. The second-order valence-corrected chi connectivity index (χ2v) is 6.19. The fourth-order valence-electron chi connectivity index (χ4n) is 3.40. The molecule has 1 heterocycles. The van der Waals surface area contributed by atoms with E-state index < -0.39 is 0 Å². The zero-order valence-corrected chi connectivity index (χ0v) is 12.4. The number of hydrogen-bond acceptors (Lipinski definition) is 4. The molecule has 112 valence electrons. The van der Waals surface area contributed by atoms with Gasteiger partial charge in [-0.1, -0.05) is 12.8 Å². The Balaban J connectivity index is 1.74. The maximum atomic E-state index is 9.60. The molecule has 0 atom stereocenters. The van der Waals surface area contributed by atoms with Crippen LogP contribution in [0.25, 0.3) is 0 Å². The number of hydrogen-bond donors (Lipinski definition) is 2. The average Bonchev–Trinajstić information content (AvgIpc) is 3.01. The van der Waals surface area contributed by atoms with Crippen LogP contribution in [0, 0.1) is 11.3 Å². The molecular formula is C17H23N3O. The first-order valence-electron chi connectivity index (χ1n) is 8.00. The number of rotatable bonds is 3. The summed E-state index contributed by atoms with van der Waals surface area (Å²) in [4.78, 5) is 2.21. The Morgan fingerprint density at radius 1 is 1.14 bits per heavy atom. The van der Waals surface area contributed by atoms with Gasteiger partial charge in [-0.15, -0.1) is 0 Å². The first-order valence-corrected chi connectivity index (χ1v) is 8.00. The van der Waals surface area contributed by atoms with Crippen molar-refractivity contribution in [3.8, 4) is 6.07 Å². The molecule has 0 radical (unpaired) electrons. The molecule has 1 aliphatic carbocycles. The maximum absolute atomic E-state index is 9.60. The van der Waals surface area contributed by atoms with Gasteiger partial charge in [0.1, 0.15) is 6.07 Å². The lowest BCUT2D eigenvalue weighted by Crippen LogP contribution is -2.36. The first kappa shape index (κ1) is 14.2. The maximum Gasteiger partial charge on any atom is 0.101 e. The molecule has 2 fully saturated rings. The molecule has 1 saturated carbocycles. The van der Waals surface area contributed by atoms with E-state index >= 15 is 0 Å². The minimum Gasteiger partial charge on any atom is -0.393 e. The summed E-state index contributed by atoms with van der Waals surface area (Å²) >= 11 is 0. The van der Waals surface area contributed by atoms with E-state index in [4.69, 9.17) is 0 Å². The Labute approximate surface area is 126 Å². The van der Waals surface area contributed by atoms with Crippen molar-refractivity contribution < 1.29 is 5.11 Å². The Hall–Kier alpha value is -1.73. The highest BCUT2D eigenvalue weighted by molar-refractivity contribution is 5.65. The lowest BCUT2D eigenvalue weighted by atomic mass is 10.0. The molecule has 4 heteroatoms. The standard InChI is InChI=1S/C17H23N3O/c18-12-13-11-15(19-14-3-1-2-4-14)5-6-17(13)20-9-7-16(21)8-10-20/h5-6,11,14,16,19,21H,1-4,7-10H2. The van der Waals surface area contributed by atoms with E-state index in [1.54, 1.807) is 0 Å². The van der Waals surface area contributed by atoms with E-state index in [1.807, 2.05) is 12.1 Å². The fraction of sp³-hybridized carbons (Fsp3) is 0.588. The van der Waals surface area contributed by atoms with Crippen LogP contribution >= 0.6 is 0 Å². The van der Waals surface area contributed by atoms with Crippen LogP contribution in [0.4, 0.5) is 11.4 Å². The van der Waals surface area contributed by atoms with Gasteiger partial charge in [-0.2, -0.15) is 5.26 Å².